The predicted octanol–water partition coefficient (Wildman–Crippen LogP) is 5.90. The van der Waals surface area contributed by atoms with Crippen LogP contribution in [0.1, 0.15) is 42.3 Å². The number of hydrogen-bond acceptors (Lipinski definition) is 2. The molecule has 3 heteroatoms. The Balaban J connectivity index is 1.82. The minimum atomic E-state index is -2.08. The zero-order chi connectivity index (χ0) is 19.4. The first kappa shape index (κ1) is 18.4. The number of rotatable bonds is 4. The molecule has 2 aromatic carbocycles. The van der Waals surface area contributed by atoms with Crippen LogP contribution >= 0.6 is 0 Å². The Morgan fingerprint density at radius 2 is 1.67 bits per heavy atom. The molecular weight excluding hydrogens is 348 g/mol. The molecule has 2 nitrogen and oxygen atoms in total. The van der Waals surface area contributed by atoms with Crippen LogP contribution in [0.15, 0.2) is 66.2 Å². The molecule has 0 N–H and O–H groups in total. The number of fused-ring (bicyclic) bond motifs is 3. The lowest BCUT2D eigenvalue weighted by Crippen LogP contribution is -2.55. The highest BCUT2D eigenvalue weighted by Crippen LogP contribution is 2.59. The molecule has 0 aromatic heterocycles. The number of hydrogen-bond donors (Lipinski definition) is 0. The second-order valence-electron chi connectivity index (χ2n) is 9.34. The second-order valence-corrected chi connectivity index (χ2v) is 14.1. The van der Waals surface area contributed by atoms with Gasteiger partial charge in [0.25, 0.3) is 0 Å². The van der Waals surface area contributed by atoms with Gasteiger partial charge in [-0.1, -0.05) is 81.4 Å². The molecule has 0 fully saturated rings. The molecule has 2 atom stereocenters. The quantitative estimate of drug-likeness (QED) is 0.490. The van der Waals surface area contributed by atoms with Gasteiger partial charge in [-0.3, -0.25) is 4.79 Å². The van der Waals surface area contributed by atoms with Gasteiger partial charge in [0.2, 0.25) is 0 Å². The Bertz CT molecular complexity index is 921. The van der Waals surface area contributed by atoms with Crippen LogP contribution in [0, 0.1) is 5.92 Å². The predicted molar refractivity (Wildman–Crippen MR) is 112 cm³/mol. The van der Waals surface area contributed by atoms with E-state index in [1.807, 2.05) is 30.3 Å². The van der Waals surface area contributed by atoms with Crippen molar-refractivity contribution < 1.29 is 9.22 Å². The van der Waals surface area contributed by atoms with Gasteiger partial charge in [0.05, 0.1) is 0 Å². The molecule has 2 aromatic rings. The van der Waals surface area contributed by atoms with Gasteiger partial charge < -0.3 is 4.43 Å². The molecule has 0 heterocycles. The van der Waals surface area contributed by atoms with Gasteiger partial charge in [-0.25, -0.2) is 0 Å². The summed E-state index contributed by atoms with van der Waals surface area (Å²) in [5, 5.41) is 0.0837. The summed E-state index contributed by atoms with van der Waals surface area (Å²) in [5.41, 5.74) is 3.50. The van der Waals surface area contributed by atoms with Gasteiger partial charge in [0, 0.05) is 17.1 Å². The number of carbonyl (C=O) groups is 1. The van der Waals surface area contributed by atoms with Crippen molar-refractivity contribution in [2.45, 2.75) is 50.9 Å². The Kier molecular flexibility index (Phi) is 4.10. The van der Waals surface area contributed by atoms with Gasteiger partial charge in [0.15, 0.2) is 14.1 Å². The summed E-state index contributed by atoms with van der Waals surface area (Å²) in [6.07, 6.45) is 3.11. The monoisotopic (exact) mass is 376 g/mol. The van der Waals surface area contributed by atoms with Gasteiger partial charge in [-0.15, -0.1) is 0 Å². The topological polar surface area (TPSA) is 26.3 Å². The SMILES string of the molecule is CC(C)(C)[Si](C)(C)O[C@]12C(C(=O)c3ccccc3)=C[C@H]1Cc1ccccc12. The van der Waals surface area contributed by atoms with Crippen molar-refractivity contribution in [1.29, 1.82) is 0 Å². The summed E-state index contributed by atoms with van der Waals surface area (Å²) in [6.45, 7) is 11.3. The fraction of sp³-hybridized carbons (Fsp3) is 0.375. The summed E-state index contributed by atoms with van der Waals surface area (Å²) in [5.74, 6) is 0.356. The number of Topliss-reactive ketones (excluding diaryl/α,β-unsaturated/α-hetero) is 1. The molecule has 0 radical (unpaired) electrons. The number of ketones is 1. The van der Waals surface area contributed by atoms with E-state index in [2.05, 4.69) is 64.2 Å². The molecule has 4 rings (SSSR count). The minimum Gasteiger partial charge on any atom is -0.403 e. The van der Waals surface area contributed by atoms with Crippen LogP contribution < -0.4 is 0 Å². The standard InChI is InChI=1S/C24H28O2Si/c1-23(2,3)27(4,5)26-24-19(15-18-13-9-10-14-20(18)24)16-21(24)22(25)17-11-7-6-8-12-17/h6-14,16,19H,15H2,1-5H3/t19-,24-/m1/s1. The lowest BCUT2D eigenvalue weighted by molar-refractivity contribution is 0.0299. The van der Waals surface area contributed by atoms with E-state index in [4.69, 9.17) is 4.43 Å². The summed E-state index contributed by atoms with van der Waals surface area (Å²) in [4.78, 5) is 13.4. The second kappa shape index (κ2) is 6.01. The van der Waals surface area contributed by atoms with Crippen molar-refractivity contribution >= 4 is 14.1 Å². The third-order valence-electron chi connectivity index (χ3n) is 6.65. The van der Waals surface area contributed by atoms with Crippen LogP contribution in [0.2, 0.25) is 18.1 Å². The van der Waals surface area contributed by atoms with E-state index in [1.54, 1.807) is 0 Å². The number of benzene rings is 2. The smallest absolute Gasteiger partial charge is 0.193 e. The Labute approximate surface area is 163 Å². The summed E-state index contributed by atoms with van der Waals surface area (Å²) in [7, 11) is -2.08. The van der Waals surface area contributed by atoms with Crippen molar-refractivity contribution in [3.63, 3.8) is 0 Å². The maximum absolute atomic E-state index is 13.4. The Morgan fingerprint density at radius 1 is 1.04 bits per heavy atom. The van der Waals surface area contributed by atoms with Crippen LogP contribution in [0.25, 0.3) is 0 Å². The Hall–Kier alpha value is -1.97. The molecule has 0 amide bonds. The molecule has 27 heavy (non-hydrogen) atoms. The zero-order valence-corrected chi connectivity index (χ0v) is 17.9. The summed E-state index contributed by atoms with van der Waals surface area (Å²) < 4.78 is 7.08. The van der Waals surface area contributed by atoms with Crippen LogP contribution in [0.4, 0.5) is 0 Å². The summed E-state index contributed by atoms with van der Waals surface area (Å²) >= 11 is 0. The van der Waals surface area contributed by atoms with Crippen molar-refractivity contribution in [2.75, 3.05) is 0 Å². The summed E-state index contributed by atoms with van der Waals surface area (Å²) in [6, 6.07) is 18.1. The fourth-order valence-electron chi connectivity index (χ4n) is 4.12. The van der Waals surface area contributed by atoms with E-state index < -0.39 is 13.9 Å². The van der Waals surface area contributed by atoms with Crippen LogP contribution in [-0.2, 0) is 16.4 Å². The fourth-order valence-corrected chi connectivity index (χ4v) is 5.60. The molecule has 0 bridgehead atoms. The molecule has 0 spiro atoms. The van der Waals surface area contributed by atoms with Crippen LogP contribution in [0.3, 0.4) is 0 Å². The lowest BCUT2D eigenvalue weighted by atomic mass is 9.68. The highest BCUT2D eigenvalue weighted by atomic mass is 28.4. The van der Waals surface area contributed by atoms with Crippen LogP contribution in [-0.4, -0.2) is 14.1 Å². The largest absolute Gasteiger partial charge is 0.403 e. The van der Waals surface area contributed by atoms with E-state index in [-0.39, 0.29) is 16.7 Å². The van der Waals surface area contributed by atoms with Crippen LogP contribution in [0.5, 0.6) is 0 Å². The van der Waals surface area contributed by atoms with Crippen molar-refractivity contribution in [1.82, 2.24) is 0 Å². The highest BCUT2D eigenvalue weighted by Gasteiger charge is 2.60. The highest BCUT2D eigenvalue weighted by molar-refractivity contribution is 6.74. The Morgan fingerprint density at radius 3 is 2.33 bits per heavy atom. The normalized spacial score (nSPS) is 23.9. The maximum atomic E-state index is 13.4. The van der Waals surface area contributed by atoms with Gasteiger partial charge in [0.1, 0.15) is 5.60 Å². The molecule has 0 saturated carbocycles. The number of carbonyl (C=O) groups excluding carboxylic acids is 1. The van der Waals surface area contributed by atoms with E-state index in [9.17, 15) is 4.79 Å². The van der Waals surface area contributed by atoms with E-state index in [0.717, 1.165) is 17.6 Å². The minimum absolute atomic E-state index is 0.0837. The van der Waals surface area contributed by atoms with Crippen molar-refractivity contribution in [3.8, 4) is 0 Å². The third-order valence-corrected chi connectivity index (χ3v) is 11.1. The van der Waals surface area contributed by atoms with E-state index in [0.29, 0.717) is 0 Å². The average molecular weight is 377 g/mol. The zero-order valence-electron chi connectivity index (χ0n) is 16.9. The first-order chi connectivity index (χ1) is 12.7. The molecular formula is C24H28O2Si. The van der Waals surface area contributed by atoms with Gasteiger partial charge >= 0.3 is 0 Å². The van der Waals surface area contributed by atoms with Gasteiger partial charge in [-0.2, -0.15) is 0 Å². The lowest BCUT2D eigenvalue weighted by Gasteiger charge is -2.51. The average Bonchev–Trinajstić information content (AvgIpc) is 2.84. The maximum Gasteiger partial charge on any atom is 0.193 e. The van der Waals surface area contributed by atoms with Gasteiger partial charge in [-0.05, 0) is 35.7 Å². The molecule has 0 saturated heterocycles. The first-order valence-corrected chi connectivity index (χ1v) is 12.7. The van der Waals surface area contributed by atoms with E-state index >= 15 is 0 Å². The molecule has 0 aliphatic heterocycles. The van der Waals surface area contributed by atoms with E-state index in [1.165, 1.54) is 11.1 Å². The molecule has 140 valence electrons. The molecule has 2 aliphatic rings. The molecule has 0 unspecified atom stereocenters. The third kappa shape index (κ3) is 2.67. The first-order valence-electron chi connectivity index (χ1n) is 9.77. The van der Waals surface area contributed by atoms with Crippen molar-refractivity contribution in [2.24, 2.45) is 5.92 Å². The molecule has 2 aliphatic carbocycles. The van der Waals surface area contributed by atoms with Crippen molar-refractivity contribution in [3.05, 3.63) is 82.9 Å².